The molecule has 1 aromatic carbocycles. The van der Waals surface area contributed by atoms with Crippen LogP contribution in [0.25, 0.3) is 0 Å². The number of nitrogens with two attached hydrogens (primary N) is 1. The third kappa shape index (κ3) is 1.60. The van der Waals surface area contributed by atoms with Gasteiger partial charge in [0, 0.05) is 12.0 Å². The highest BCUT2D eigenvalue weighted by Crippen LogP contribution is 2.30. The van der Waals surface area contributed by atoms with Crippen molar-refractivity contribution in [1.29, 1.82) is 0 Å². The van der Waals surface area contributed by atoms with Crippen LogP contribution in [-0.2, 0) is 12.8 Å². The number of hydrogen-bond acceptors (Lipinski definition) is 2. The van der Waals surface area contributed by atoms with Gasteiger partial charge in [0.2, 0.25) is 0 Å². The molecule has 0 saturated heterocycles. The van der Waals surface area contributed by atoms with Gasteiger partial charge in [-0.2, -0.15) is 0 Å². The van der Waals surface area contributed by atoms with Crippen LogP contribution in [0.15, 0.2) is 12.1 Å². The summed E-state index contributed by atoms with van der Waals surface area (Å²) >= 11 is 0. The first kappa shape index (κ1) is 9.46. The maximum absolute atomic E-state index is 13.5. The SMILES string of the molecule is NCCCc1c(F)ccc2c1CCO2. The molecule has 1 heterocycles. The molecular formula is C11H14FNO. The van der Waals surface area contributed by atoms with Crippen molar-refractivity contribution in [2.24, 2.45) is 5.73 Å². The molecule has 0 radical (unpaired) electrons. The molecule has 0 spiro atoms. The summed E-state index contributed by atoms with van der Waals surface area (Å²) < 4.78 is 18.8. The van der Waals surface area contributed by atoms with E-state index in [0.717, 1.165) is 36.1 Å². The molecule has 0 fully saturated rings. The van der Waals surface area contributed by atoms with Crippen LogP contribution >= 0.6 is 0 Å². The first-order valence-electron chi connectivity index (χ1n) is 4.96. The summed E-state index contributed by atoms with van der Waals surface area (Å²) in [6.45, 7) is 1.28. The van der Waals surface area contributed by atoms with Gasteiger partial charge in [-0.05, 0) is 37.1 Å². The van der Waals surface area contributed by atoms with E-state index in [1.807, 2.05) is 0 Å². The number of halogens is 1. The molecular weight excluding hydrogens is 181 g/mol. The van der Waals surface area contributed by atoms with Crippen molar-refractivity contribution in [3.8, 4) is 5.75 Å². The normalized spacial score (nSPS) is 13.9. The maximum atomic E-state index is 13.5. The van der Waals surface area contributed by atoms with Crippen LogP contribution in [0.3, 0.4) is 0 Å². The molecule has 1 aromatic rings. The van der Waals surface area contributed by atoms with Crippen molar-refractivity contribution in [3.63, 3.8) is 0 Å². The van der Waals surface area contributed by atoms with Crippen LogP contribution in [0.5, 0.6) is 5.75 Å². The topological polar surface area (TPSA) is 35.2 Å². The van der Waals surface area contributed by atoms with Crippen LogP contribution in [0.4, 0.5) is 4.39 Å². The summed E-state index contributed by atoms with van der Waals surface area (Å²) in [6.07, 6.45) is 2.37. The minimum atomic E-state index is -0.122. The van der Waals surface area contributed by atoms with Gasteiger partial charge in [-0.1, -0.05) is 0 Å². The molecule has 0 unspecified atom stereocenters. The predicted molar refractivity (Wildman–Crippen MR) is 53.0 cm³/mol. The highest BCUT2D eigenvalue weighted by Gasteiger charge is 2.18. The zero-order chi connectivity index (χ0) is 9.97. The molecule has 0 saturated carbocycles. The van der Waals surface area contributed by atoms with Crippen LogP contribution < -0.4 is 10.5 Å². The second-order valence-corrected chi connectivity index (χ2v) is 3.49. The molecule has 1 aliphatic rings. The molecule has 3 heteroatoms. The average molecular weight is 195 g/mol. The van der Waals surface area contributed by atoms with Crippen molar-refractivity contribution in [2.45, 2.75) is 19.3 Å². The molecule has 76 valence electrons. The number of hydrogen-bond donors (Lipinski definition) is 1. The molecule has 1 aliphatic heterocycles. The van der Waals surface area contributed by atoms with Gasteiger partial charge in [0.25, 0.3) is 0 Å². The smallest absolute Gasteiger partial charge is 0.126 e. The third-order valence-corrected chi connectivity index (χ3v) is 2.57. The van der Waals surface area contributed by atoms with Gasteiger partial charge in [0.1, 0.15) is 11.6 Å². The Bertz CT molecular complexity index is 338. The van der Waals surface area contributed by atoms with E-state index < -0.39 is 0 Å². The molecule has 14 heavy (non-hydrogen) atoms. The van der Waals surface area contributed by atoms with E-state index in [1.165, 1.54) is 6.07 Å². The number of rotatable bonds is 3. The summed E-state index contributed by atoms with van der Waals surface area (Å²) in [5.41, 5.74) is 7.25. The fourth-order valence-corrected chi connectivity index (χ4v) is 1.86. The Morgan fingerprint density at radius 2 is 2.29 bits per heavy atom. The van der Waals surface area contributed by atoms with Crippen molar-refractivity contribution in [2.75, 3.05) is 13.2 Å². The molecule has 0 bridgehead atoms. The van der Waals surface area contributed by atoms with E-state index in [-0.39, 0.29) is 5.82 Å². The lowest BCUT2D eigenvalue weighted by Gasteiger charge is -2.07. The fourth-order valence-electron chi connectivity index (χ4n) is 1.86. The van der Waals surface area contributed by atoms with Crippen molar-refractivity contribution in [1.82, 2.24) is 0 Å². The molecule has 0 atom stereocenters. The molecule has 0 aliphatic carbocycles. The number of benzene rings is 1. The van der Waals surface area contributed by atoms with E-state index in [1.54, 1.807) is 6.07 Å². The fraction of sp³-hybridized carbons (Fsp3) is 0.455. The van der Waals surface area contributed by atoms with Gasteiger partial charge >= 0.3 is 0 Å². The van der Waals surface area contributed by atoms with Gasteiger partial charge in [-0.15, -0.1) is 0 Å². The number of fused-ring (bicyclic) bond motifs is 1. The molecule has 0 amide bonds. The summed E-state index contributed by atoms with van der Waals surface area (Å²) in [6, 6.07) is 3.19. The highest BCUT2D eigenvalue weighted by molar-refractivity contribution is 5.43. The van der Waals surface area contributed by atoms with Gasteiger partial charge in [0.15, 0.2) is 0 Å². The van der Waals surface area contributed by atoms with Gasteiger partial charge in [0.05, 0.1) is 6.61 Å². The van der Waals surface area contributed by atoms with E-state index >= 15 is 0 Å². The van der Waals surface area contributed by atoms with Crippen molar-refractivity contribution < 1.29 is 9.13 Å². The Kier molecular flexibility index (Phi) is 2.68. The van der Waals surface area contributed by atoms with Crippen LogP contribution in [0.1, 0.15) is 17.5 Å². The van der Waals surface area contributed by atoms with Crippen molar-refractivity contribution in [3.05, 3.63) is 29.1 Å². The van der Waals surface area contributed by atoms with E-state index in [0.29, 0.717) is 13.2 Å². The highest BCUT2D eigenvalue weighted by atomic mass is 19.1. The van der Waals surface area contributed by atoms with Crippen LogP contribution in [-0.4, -0.2) is 13.2 Å². The van der Waals surface area contributed by atoms with E-state index in [2.05, 4.69) is 0 Å². The summed E-state index contributed by atoms with van der Waals surface area (Å²) in [5.74, 6) is 0.723. The van der Waals surface area contributed by atoms with Gasteiger partial charge in [-0.3, -0.25) is 0 Å². The lowest BCUT2D eigenvalue weighted by molar-refractivity contribution is 0.356. The second kappa shape index (κ2) is 3.96. The third-order valence-electron chi connectivity index (χ3n) is 2.57. The lowest BCUT2D eigenvalue weighted by atomic mass is 10.0. The molecule has 2 rings (SSSR count). The van der Waals surface area contributed by atoms with Gasteiger partial charge < -0.3 is 10.5 Å². The first-order valence-corrected chi connectivity index (χ1v) is 4.96. The number of ether oxygens (including phenoxy) is 1. The Balaban J connectivity index is 2.31. The van der Waals surface area contributed by atoms with E-state index in [4.69, 9.17) is 10.5 Å². The largest absolute Gasteiger partial charge is 0.493 e. The molecule has 2 N–H and O–H groups in total. The Morgan fingerprint density at radius 1 is 1.43 bits per heavy atom. The predicted octanol–water partition coefficient (Wildman–Crippen LogP) is 1.65. The molecule has 0 aromatic heterocycles. The quantitative estimate of drug-likeness (QED) is 0.796. The standard InChI is InChI=1S/C11H14FNO/c12-10-3-4-11-9(5-7-14-11)8(10)2-1-6-13/h3-4H,1-2,5-7,13H2. The van der Waals surface area contributed by atoms with Gasteiger partial charge in [-0.25, -0.2) is 4.39 Å². The monoisotopic (exact) mass is 195 g/mol. The Morgan fingerprint density at radius 3 is 3.07 bits per heavy atom. The summed E-state index contributed by atoms with van der Waals surface area (Å²) in [7, 11) is 0. The van der Waals surface area contributed by atoms with Crippen LogP contribution in [0.2, 0.25) is 0 Å². The zero-order valence-corrected chi connectivity index (χ0v) is 8.05. The second-order valence-electron chi connectivity index (χ2n) is 3.49. The zero-order valence-electron chi connectivity index (χ0n) is 8.05. The first-order chi connectivity index (χ1) is 6.83. The Labute approximate surface area is 82.9 Å². The van der Waals surface area contributed by atoms with Crippen molar-refractivity contribution >= 4 is 0 Å². The average Bonchev–Trinajstić information content (AvgIpc) is 2.64. The molecule has 2 nitrogen and oxygen atoms in total. The van der Waals surface area contributed by atoms with E-state index in [9.17, 15) is 4.39 Å². The summed E-state index contributed by atoms with van der Waals surface area (Å²) in [4.78, 5) is 0. The minimum Gasteiger partial charge on any atom is -0.493 e. The lowest BCUT2D eigenvalue weighted by Crippen LogP contribution is -2.03. The summed E-state index contributed by atoms with van der Waals surface area (Å²) in [5, 5.41) is 0. The maximum Gasteiger partial charge on any atom is 0.126 e. The van der Waals surface area contributed by atoms with Crippen LogP contribution in [0, 0.1) is 5.82 Å². The minimum absolute atomic E-state index is 0.122. The Hall–Kier alpha value is -1.09.